The summed E-state index contributed by atoms with van der Waals surface area (Å²) in [6.45, 7) is 2.18. The molecule has 2 unspecified atom stereocenters. The van der Waals surface area contributed by atoms with Gasteiger partial charge in [-0.25, -0.2) is 4.98 Å². The van der Waals surface area contributed by atoms with Crippen LogP contribution in [-0.4, -0.2) is 22.9 Å². The Morgan fingerprint density at radius 1 is 1.67 bits per heavy atom. The topological polar surface area (TPSA) is 42.0 Å². The van der Waals surface area contributed by atoms with Gasteiger partial charge in [-0.1, -0.05) is 6.42 Å². The van der Waals surface area contributed by atoms with E-state index in [9.17, 15) is 4.79 Å². The van der Waals surface area contributed by atoms with Gasteiger partial charge in [0.05, 0.1) is 0 Å². The molecule has 0 aromatic carbocycles. The van der Waals surface area contributed by atoms with Crippen LogP contribution in [0.15, 0.2) is 11.6 Å². The summed E-state index contributed by atoms with van der Waals surface area (Å²) in [4.78, 5) is 15.8. The number of nitrogens with one attached hydrogen (secondary N) is 1. The second-order valence-electron chi connectivity index (χ2n) is 4.16. The molecule has 3 nitrogen and oxygen atoms in total. The number of piperidine rings is 1. The lowest BCUT2D eigenvalue weighted by Crippen LogP contribution is -2.41. The van der Waals surface area contributed by atoms with Crippen molar-refractivity contribution >= 4 is 17.1 Å². The minimum absolute atomic E-state index is 0.177. The maximum atomic E-state index is 11.8. The van der Waals surface area contributed by atoms with Crippen LogP contribution >= 0.6 is 11.3 Å². The third-order valence-corrected chi connectivity index (χ3v) is 3.63. The number of thiazole rings is 1. The molecule has 1 fully saturated rings. The highest BCUT2D eigenvalue weighted by molar-refractivity contribution is 7.11. The van der Waals surface area contributed by atoms with Crippen LogP contribution in [0.3, 0.4) is 0 Å². The Hall–Kier alpha value is -0.740. The highest BCUT2D eigenvalue weighted by atomic mass is 32.1. The summed E-state index contributed by atoms with van der Waals surface area (Å²) in [5, 5.41) is 5.96. The standard InChI is InChI=1S/C11H16N2OS/c1-8-3-2-4-9(13-8)7-10(14)11-12-5-6-15-11/h5-6,8-9,13H,2-4,7H2,1H3. The Balaban J connectivity index is 1.89. The van der Waals surface area contributed by atoms with E-state index in [2.05, 4.69) is 17.2 Å². The van der Waals surface area contributed by atoms with E-state index >= 15 is 0 Å². The fourth-order valence-electron chi connectivity index (χ4n) is 2.07. The first-order valence-electron chi connectivity index (χ1n) is 5.44. The summed E-state index contributed by atoms with van der Waals surface area (Å²) in [6, 6.07) is 0.901. The largest absolute Gasteiger partial charge is 0.311 e. The monoisotopic (exact) mass is 224 g/mol. The van der Waals surface area contributed by atoms with Gasteiger partial charge >= 0.3 is 0 Å². The Morgan fingerprint density at radius 2 is 2.53 bits per heavy atom. The molecule has 82 valence electrons. The van der Waals surface area contributed by atoms with Crippen LogP contribution in [0, 0.1) is 0 Å². The van der Waals surface area contributed by atoms with Gasteiger partial charge in [0.15, 0.2) is 10.8 Å². The second-order valence-corrected chi connectivity index (χ2v) is 5.05. The van der Waals surface area contributed by atoms with Crippen molar-refractivity contribution in [1.29, 1.82) is 0 Å². The molecular weight excluding hydrogens is 208 g/mol. The number of aromatic nitrogens is 1. The van der Waals surface area contributed by atoms with Crippen molar-refractivity contribution < 1.29 is 4.79 Å². The van der Waals surface area contributed by atoms with Crippen LogP contribution in [0.4, 0.5) is 0 Å². The molecule has 2 heterocycles. The van der Waals surface area contributed by atoms with Gasteiger partial charge in [0.2, 0.25) is 0 Å². The van der Waals surface area contributed by atoms with Crippen molar-refractivity contribution in [3.63, 3.8) is 0 Å². The van der Waals surface area contributed by atoms with Gasteiger partial charge in [0, 0.05) is 30.1 Å². The minimum Gasteiger partial charge on any atom is -0.311 e. The molecule has 2 atom stereocenters. The number of ketones is 1. The highest BCUT2D eigenvalue weighted by Crippen LogP contribution is 2.17. The molecule has 0 spiro atoms. The lowest BCUT2D eigenvalue weighted by molar-refractivity contribution is 0.0959. The molecule has 0 aliphatic carbocycles. The summed E-state index contributed by atoms with van der Waals surface area (Å²) < 4.78 is 0. The van der Waals surface area contributed by atoms with Crippen molar-refractivity contribution in [2.24, 2.45) is 0 Å². The van der Waals surface area contributed by atoms with Gasteiger partial charge in [-0.2, -0.15) is 0 Å². The molecular formula is C11H16N2OS. The molecule has 1 aromatic heterocycles. The third-order valence-electron chi connectivity index (χ3n) is 2.81. The lowest BCUT2D eigenvalue weighted by Gasteiger charge is -2.28. The fourth-order valence-corrected chi connectivity index (χ4v) is 2.66. The molecule has 15 heavy (non-hydrogen) atoms. The molecule has 1 aliphatic rings. The minimum atomic E-state index is 0.177. The zero-order valence-electron chi connectivity index (χ0n) is 8.90. The quantitative estimate of drug-likeness (QED) is 0.801. The van der Waals surface area contributed by atoms with Gasteiger partial charge in [0.1, 0.15) is 0 Å². The van der Waals surface area contributed by atoms with Crippen LogP contribution in [0.25, 0.3) is 0 Å². The molecule has 1 aliphatic heterocycles. The number of rotatable bonds is 3. The number of hydrogen-bond donors (Lipinski definition) is 1. The molecule has 2 rings (SSSR count). The summed E-state index contributed by atoms with van der Waals surface area (Å²) in [5.41, 5.74) is 0. The second kappa shape index (κ2) is 4.86. The number of hydrogen-bond acceptors (Lipinski definition) is 4. The molecule has 1 saturated heterocycles. The average molecular weight is 224 g/mol. The molecule has 4 heteroatoms. The zero-order chi connectivity index (χ0) is 10.7. The zero-order valence-corrected chi connectivity index (χ0v) is 9.72. The maximum absolute atomic E-state index is 11.8. The van der Waals surface area contributed by atoms with Crippen LogP contribution in [0.1, 0.15) is 42.4 Å². The van der Waals surface area contributed by atoms with E-state index in [1.165, 1.54) is 24.2 Å². The number of carbonyl (C=O) groups excluding carboxylic acids is 1. The summed E-state index contributed by atoms with van der Waals surface area (Å²) in [5.74, 6) is 0.177. The molecule has 0 bridgehead atoms. The van der Waals surface area contributed by atoms with E-state index in [4.69, 9.17) is 0 Å². The van der Waals surface area contributed by atoms with E-state index in [1.807, 2.05) is 5.38 Å². The Kier molecular flexibility index (Phi) is 3.49. The first-order valence-corrected chi connectivity index (χ1v) is 6.32. The predicted octanol–water partition coefficient (Wildman–Crippen LogP) is 2.25. The van der Waals surface area contributed by atoms with Gasteiger partial charge < -0.3 is 5.32 Å². The van der Waals surface area contributed by atoms with Crippen molar-refractivity contribution in [2.45, 2.75) is 44.7 Å². The fraction of sp³-hybridized carbons (Fsp3) is 0.636. The summed E-state index contributed by atoms with van der Waals surface area (Å²) in [7, 11) is 0. The number of carbonyl (C=O) groups is 1. The van der Waals surface area contributed by atoms with Crippen LogP contribution < -0.4 is 5.32 Å². The number of Topliss-reactive ketones (excluding diaryl/α,β-unsaturated/α-hetero) is 1. The maximum Gasteiger partial charge on any atom is 0.192 e. The van der Waals surface area contributed by atoms with Crippen LogP contribution in [0.2, 0.25) is 0 Å². The normalized spacial score (nSPS) is 26.5. The molecule has 1 N–H and O–H groups in total. The highest BCUT2D eigenvalue weighted by Gasteiger charge is 2.21. The first-order chi connectivity index (χ1) is 7.25. The summed E-state index contributed by atoms with van der Waals surface area (Å²) >= 11 is 1.43. The van der Waals surface area contributed by atoms with Gasteiger partial charge in [-0.05, 0) is 19.8 Å². The SMILES string of the molecule is CC1CCCC(CC(=O)c2nccs2)N1. The molecule has 0 radical (unpaired) electrons. The first kappa shape index (κ1) is 10.8. The third kappa shape index (κ3) is 2.86. The van der Waals surface area contributed by atoms with Crippen molar-refractivity contribution in [1.82, 2.24) is 10.3 Å². The van der Waals surface area contributed by atoms with E-state index in [0.717, 1.165) is 6.42 Å². The van der Waals surface area contributed by atoms with Crippen molar-refractivity contribution in [3.05, 3.63) is 16.6 Å². The van der Waals surface area contributed by atoms with Gasteiger partial charge in [-0.15, -0.1) is 11.3 Å². The number of nitrogens with zero attached hydrogens (tertiary/aromatic N) is 1. The Labute approximate surface area is 93.9 Å². The lowest BCUT2D eigenvalue weighted by atomic mass is 9.96. The molecule has 0 amide bonds. The van der Waals surface area contributed by atoms with Crippen LogP contribution in [-0.2, 0) is 0 Å². The van der Waals surface area contributed by atoms with Gasteiger partial charge in [0.25, 0.3) is 0 Å². The Morgan fingerprint density at radius 3 is 3.20 bits per heavy atom. The van der Waals surface area contributed by atoms with Crippen molar-refractivity contribution in [3.8, 4) is 0 Å². The summed E-state index contributed by atoms with van der Waals surface area (Å²) in [6.07, 6.45) is 5.85. The predicted molar refractivity (Wildman–Crippen MR) is 61.3 cm³/mol. The van der Waals surface area contributed by atoms with E-state index in [-0.39, 0.29) is 5.78 Å². The van der Waals surface area contributed by atoms with Crippen molar-refractivity contribution in [2.75, 3.05) is 0 Å². The van der Waals surface area contributed by atoms with E-state index in [0.29, 0.717) is 23.5 Å². The smallest absolute Gasteiger partial charge is 0.192 e. The molecule has 0 saturated carbocycles. The van der Waals surface area contributed by atoms with Crippen LogP contribution in [0.5, 0.6) is 0 Å². The van der Waals surface area contributed by atoms with E-state index in [1.54, 1.807) is 6.20 Å². The average Bonchev–Trinajstić information content (AvgIpc) is 2.70. The van der Waals surface area contributed by atoms with Gasteiger partial charge in [-0.3, -0.25) is 4.79 Å². The molecule has 1 aromatic rings. The Bertz CT molecular complexity index is 323. The van der Waals surface area contributed by atoms with E-state index < -0.39 is 0 Å².